The second-order valence-corrected chi connectivity index (χ2v) is 8.26. The number of benzene rings is 1. The van der Waals surface area contributed by atoms with Gasteiger partial charge in [-0.3, -0.25) is 14.5 Å². The molecular weight excluding hydrogens is 401 g/mol. The molecule has 132 valence electrons. The van der Waals surface area contributed by atoms with Crippen molar-refractivity contribution in [1.82, 2.24) is 4.90 Å². The van der Waals surface area contributed by atoms with Gasteiger partial charge in [0, 0.05) is 27.1 Å². The number of amides is 1. The van der Waals surface area contributed by atoms with Crippen molar-refractivity contribution < 1.29 is 9.59 Å². The maximum absolute atomic E-state index is 12.8. The van der Waals surface area contributed by atoms with Gasteiger partial charge in [-0.05, 0) is 19.1 Å². The summed E-state index contributed by atoms with van der Waals surface area (Å²) in [5.74, 6) is 0.555. The first kappa shape index (κ1) is 18.5. The molecule has 3 rings (SSSR count). The number of carbonyl (C=O) groups excluding carboxylic acids is 2. The Kier molecular flexibility index (Phi) is 5.03. The lowest BCUT2D eigenvalue weighted by Gasteiger charge is -2.20. The van der Waals surface area contributed by atoms with Gasteiger partial charge in [0.15, 0.2) is 0 Å². The molecule has 0 unspecified atom stereocenters. The summed E-state index contributed by atoms with van der Waals surface area (Å²) < 4.78 is 0.461. The van der Waals surface area contributed by atoms with Crippen molar-refractivity contribution >= 4 is 74.6 Å². The normalized spacial score (nSPS) is 17.1. The molecule has 1 saturated heterocycles. The van der Waals surface area contributed by atoms with Crippen molar-refractivity contribution in [3.05, 3.63) is 32.9 Å². The molecule has 0 N–H and O–H groups in total. The van der Waals surface area contributed by atoms with Gasteiger partial charge in [-0.15, -0.1) is 0 Å². The summed E-state index contributed by atoms with van der Waals surface area (Å²) in [4.78, 5) is 29.9. The van der Waals surface area contributed by atoms with E-state index >= 15 is 0 Å². The van der Waals surface area contributed by atoms with E-state index in [4.69, 9.17) is 35.4 Å². The van der Waals surface area contributed by atoms with Gasteiger partial charge in [0.05, 0.1) is 21.4 Å². The van der Waals surface area contributed by atoms with E-state index in [1.54, 1.807) is 12.1 Å². The number of ketones is 1. The molecule has 25 heavy (non-hydrogen) atoms. The fourth-order valence-corrected chi connectivity index (χ4v) is 4.58. The minimum atomic E-state index is -0.185. The number of hydrogen-bond donors (Lipinski definition) is 0. The van der Waals surface area contributed by atoms with Crippen molar-refractivity contribution in [2.45, 2.75) is 13.3 Å². The molecule has 9 heteroatoms. The predicted octanol–water partition coefficient (Wildman–Crippen LogP) is 3.89. The smallest absolute Gasteiger partial charge is 0.269 e. The molecule has 1 amide bonds. The summed E-state index contributed by atoms with van der Waals surface area (Å²) in [6, 6.07) is 3.55. The van der Waals surface area contributed by atoms with E-state index in [1.165, 1.54) is 23.6 Å². The Labute approximate surface area is 165 Å². The zero-order valence-electron chi connectivity index (χ0n) is 13.8. The average Bonchev–Trinajstić information content (AvgIpc) is 2.93. The standard InChI is InChI=1S/C16H15Cl2N3O2S2/c1-8(22)4-5-21-15(23)13(25-16(21)24)14-19(2)11-6-9(17)10(18)7-12(11)20(14)3/h6-7H,4-5H2,1-3H3. The van der Waals surface area contributed by atoms with E-state index in [9.17, 15) is 9.59 Å². The molecule has 0 bridgehead atoms. The molecule has 0 saturated carbocycles. The Morgan fingerprint density at radius 3 is 2.16 bits per heavy atom. The number of fused-ring (bicyclic) bond motifs is 1. The molecule has 0 aliphatic carbocycles. The van der Waals surface area contributed by atoms with Crippen molar-refractivity contribution in [3.8, 4) is 0 Å². The maximum atomic E-state index is 12.8. The summed E-state index contributed by atoms with van der Waals surface area (Å²) in [5, 5.41) is 0.909. The van der Waals surface area contributed by atoms with Crippen LogP contribution in [0.15, 0.2) is 22.9 Å². The van der Waals surface area contributed by atoms with Crippen LogP contribution < -0.4 is 9.80 Å². The number of carbonyl (C=O) groups is 2. The third-order valence-electron chi connectivity index (χ3n) is 4.12. The number of thiocarbonyl (C=S) groups is 1. The Balaban J connectivity index is 2.00. The van der Waals surface area contributed by atoms with Gasteiger partial charge < -0.3 is 9.80 Å². The van der Waals surface area contributed by atoms with Crippen LogP contribution in [0.25, 0.3) is 0 Å². The average molecular weight is 416 g/mol. The molecule has 2 aliphatic rings. The van der Waals surface area contributed by atoms with Crippen molar-refractivity contribution in [2.24, 2.45) is 0 Å². The van der Waals surface area contributed by atoms with Crippen LogP contribution >= 0.6 is 47.2 Å². The van der Waals surface area contributed by atoms with Crippen molar-refractivity contribution in [3.63, 3.8) is 0 Å². The first-order valence-corrected chi connectivity index (χ1v) is 9.44. The summed E-state index contributed by atoms with van der Waals surface area (Å²) in [6.45, 7) is 1.80. The molecule has 0 atom stereocenters. The quantitative estimate of drug-likeness (QED) is 0.550. The van der Waals surface area contributed by atoms with E-state index in [2.05, 4.69) is 0 Å². The zero-order valence-corrected chi connectivity index (χ0v) is 16.9. The molecule has 5 nitrogen and oxygen atoms in total. The van der Waals surface area contributed by atoms with Gasteiger partial charge in [0.1, 0.15) is 20.8 Å². The molecule has 1 aromatic rings. The zero-order chi connectivity index (χ0) is 18.5. The van der Waals surface area contributed by atoms with E-state index in [1.807, 2.05) is 23.9 Å². The Bertz CT molecular complexity index is 804. The fourth-order valence-electron chi connectivity index (χ4n) is 2.82. The lowest BCUT2D eigenvalue weighted by molar-refractivity contribution is -0.122. The van der Waals surface area contributed by atoms with Gasteiger partial charge >= 0.3 is 0 Å². The van der Waals surface area contributed by atoms with E-state index in [0.717, 1.165) is 17.2 Å². The van der Waals surface area contributed by atoms with E-state index in [-0.39, 0.29) is 18.1 Å². The number of rotatable bonds is 3. The summed E-state index contributed by atoms with van der Waals surface area (Å²) in [6.07, 6.45) is 0.284. The van der Waals surface area contributed by atoms with Crippen LogP contribution in [0.3, 0.4) is 0 Å². The summed E-state index contributed by atoms with van der Waals surface area (Å²) in [5.41, 5.74) is 1.72. The van der Waals surface area contributed by atoms with Crippen LogP contribution in [-0.2, 0) is 9.59 Å². The molecule has 1 fully saturated rings. The van der Waals surface area contributed by atoms with Gasteiger partial charge in [-0.2, -0.15) is 0 Å². The molecular formula is C16H15Cl2N3O2S2. The summed E-state index contributed by atoms with van der Waals surface area (Å²) >= 11 is 18.8. The lowest BCUT2D eigenvalue weighted by atomic mass is 10.2. The van der Waals surface area contributed by atoms with Gasteiger partial charge in [-0.1, -0.05) is 47.2 Å². The molecule has 0 radical (unpaired) electrons. The topological polar surface area (TPSA) is 43.9 Å². The third-order valence-corrected chi connectivity index (χ3v) is 6.26. The molecule has 0 spiro atoms. The molecule has 1 aromatic carbocycles. The van der Waals surface area contributed by atoms with Crippen LogP contribution in [0.5, 0.6) is 0 Å². The highest BCUT2D eigenvalue weighted by molar-refractivity contribution is 8.26. The van der Waals surface area contributed by atoms with Gasteiger partial charge in [0.25, 0.3) is 5.91 Å². The van der Waals surface area contributed by atoms with Crippen LogP contribution in [0.4, 0.5) is 11.4 Å². The lowest BCUT2D eigenvalue weighted by Crippen LogP contribution is -2.32. The largest absolute Gasteiger partial charge is 0.328 e. The van der Waals surface area contributed by atoms with Crippen molar-refractivity contribution in [2.75, 3.05) is 30.4 Å². The second-order valence-electron chi connectivity index (χ2n) is 5.80. The Hall–Kier alpha value is -1.28. The SMILES string of the molecule is CC(=O)CCN1C(=O)C(=C2N(C)c3cc(Cl)c(Cl)cc3N2C)SC1=S. The highest BCUT2D eigenvalue weighted by Gasteiger charge is 2.40. The van der Waals surface area contributed by atoms with Gasteiger partial charge in [0.2, 0.25) is 0 Å². The highest BCUT2D eigenvalue weighted by atomic mass is 35.5. The summed E-state index contributed by atoms with van der Waals surface area (Å²) in [7, 11) is 3.73. The van der Waals surface area contributed by atoms with Crippen LogP contribution in [0.1, 0.15) is 13.3 Å². The second kappa shape index (κ2) is 6.79. The van der Waals surface area contributed by atoms with Gasteiger partial charge in [-0.25, -0.2) is 0 Å². The molecule has 2 heterocycles. The first-order chi connectivity index (χ1) is 11.7. The van der Waals surface area contributed by atoms with E-state index in [0.29, 0.717) is 25.8 Å². The molecule has 0 aromatic heterocycles. The Morgan fingerprint density at radius 1 is 1.16 bits per heavy atom. The van der Waals surface area contributed by atoms with E-state index < -0.39 is 0 Å². The van der Waals surface area contributed by atoms with Crippen LogP contribution in [-0.4, -0.2) is 41.6 Å². The minimum Gasteiger partial charge on any atom is -0.328 e. The van der Waals surface area contributed by atoms with Crippen LogP contribution in [0, 0.1) is 0 Å². The number of thioether (sulfide) groups is 1. The number of halogens is 2. The number of anilines is 2. The number of nitrogens with zero attached hydrogens (tertiary/aromatic N) is 3. The Morgan fingerprint density at radius 2 is 1.68 bits per heavy atom. The first-order valence-electron chi connectivity index (χ1n) is 7.46. The monoisotopic (exact) mass is 415 g/mol. The van der Waals surface area contributed by atoms with Crippen molar-refractivity contribution in [1.29, 1.82) is 0 Å². The number of hydrogen-bond acceptors (Lipinski definition) is 6. The highest BCUT2D eigenvalue weighted by Crippen LogP contribution is 2.47. The predicted molar refractivity (Wildman–Crippen MR) is 107 cm³/mol. The minimum absolute atomic E-state index is 0.0218. The molecule has 2 aliphatic heterocycles. The fraction of sp³-hybridized carbons (Fsp3) is 0.312. The van der Waals surface area contributed by atoms with Crippen LogP contribution in [0.2, 0.25) is 10.0 Å². The number of Topliss-reactive ketones (excluding diaryl/α,β-unsaturated/α-hetero) is 1. The maximum Gasteiger partial charge on any atom is 0.269 e. The third kappa shape index (κ3) is 3.14.